The minimum atomic E-state index is -0.834. The van der Waals surface area contributed by atoms with Crippen molar-refractivity contribution in [2.75, 3.05) is 45.3 Å². The number of β-amino-alcohol motifs (C(OH)–C–C–N with tert-alkyl or cyclic N) is 1. The van der Waals surface area contributed by atoms with Crippen molar-refractivity contribution < 1.29 is 29.0 Å². The van der Waals surface area contributed by atoms with Gasteiger partial charge in [-0.1, -0.05) is 60.3 Å². The third kappa shape index (κ3) is 9.28. The SMILES string of the molecule is COc1ccc2c(c1)S[C@@H](NC(=O)CC(C)(C)NC[C@@H](C)O)C(=O)N(Cc1ccc(-c3ccccc3NC(=O)N3CCOCC3)cc1)C2. The predicted molar refractivity (Wildman–Crippen MR) is 187 cm³/mol. The molecule has 2 atom stereocenters. The molecule has 4 N–H and O–H groups in total. The van der Waals surface area contributed by atoms with Crippen LogP contribution in [0, 0.1) is 0 Å². The maximum Gasteiger partial charge on any atom is 0.322 e. The Balaban J connectivity index is 1.32. The smallest absolute Gasteiger partial charge is 0.322 e. The summed E-state index contributed by atoms with van der Waals surface area (Å²) in [6, 6.07) is 21.2. The van der Waals surface area contributed by atoms with Crippen LogP contribution in [-0.2, 0) is 27.4 Å². The molecule has 0 bridgehead atoms. The maximum absolute atomic E-state index is 14.0. The van der Waals surface area contributed by atoms with Gasteiger partial charge in [0.05, 0.1) is 32.1 Å². The summed E-state index contributed by atoms with van der Waals surface area (Å²) in [4.78, 5) is 44.5. The largest absolute Gasteiger partial charge is 0.497 e. The summed E-state index contributed by atoms with van der Waals surface area (Å²) in [5, 5.41) is 18.1. The molecule has 2 aliphatic heterocycles. The zero-order valence-corrected chi connectivity index (χ0v) is 28.8. The van der Waals surface area contributed by atoms with Crippen molar-refractivity contribution in [3.8, 4) is 16.9 Å². The van der Waals surface area contributed by atoms with Crippen molar-refractivity contribution in [1.82, 2.24) is 20.4 Å². The number of methoxy groups -OCH3 is 1. The van der Waals surface area contributed by atoms with Crippen LogP contribution in [0.5, 0.6) is 5.75 Å². The minimum Gasteiger partial charge on any atom is -0.497 e. The van der Waals surface area contributed by atoms with E-state index >= 15 is 0 Å². The van der Waals surface area contributed by atoms with E-state index in [0.29, 0.717) is 51.7 Å². The van der Waals surface area contributed by atoms with Gasteiger partial charge in [0, 0.05) is 55.1 Å². The molecule has 0 unspecified atom stereocenters. The fraction of sp³-hybridized carbons (Fsp3) is 0.417. The molecule has 4 amide bonds. The Kier molecular flexibility index (Phi) is 11.6. The molecule has 3 aromatic rings. The van der Waals surface area contributed by atoms with Crippen LogP contribution in [0.2, 0.25) is 0 Å². The van der Waals surface area contributed by atoms with Gasteiger partial charge in [-0.15, -0.1) is 0 Å². The number of urea groups is 1. The van der Waals surface area contributed by atoms with Crippen molar-refractivity contribution in [3.63, 3.8) is 0 Å². The maximum atomic E-state index is 14.0. The van der Waals surface area contributed by atoms with Gasteiger partial charge in [0.1, 0.15) is 5.75 Å². The Morgan fingerprint density at radius 1 is 1.08 bits per heavy atom. The summed E-state index contributed by atoms with van der Waals surface area (Å²) in [6.45, 7) is 8.70. The van der Waals surface area contributed by atoms with Crippen molar-refractivity contribution in [2.24, 2.45) is 0 Å². The number of ether oxygens (including phenoxy) is 2. The van der Waals surface area contributed by atoms with Gasteiger partial charge in [-0.2, -0.15) is 0 Å². The average Bonchev–Trinajstić information content (AvgIpc) is 3.19. The number of amides is 4. The predicted octanol–water partition coefficient (Wildman–Crippen LogP) is 4.44. The first kappa shape index (κ1) is 35.2. The summed E-state index contributed by atoms with van der Waals surface area (Å²) in [7, 11) is 1.60. The lowest BCUT2D eigenvalue weighted by Gasteiger charge is -2.28. The number of para-hydroxylation sites is 1. The number of rotatable bonds is 11. The van der Waals surface area contributed by atoms with E-state index in [1.807, 2.05) is 80.6 Å². The number of benzene rings is 3. The number of thioether (sulfide) groups is 1. The molecule has 1 fully saturated rings. The minimum absolute atomic E-state index is 0.130. The van der Waals surface area contributed by atoms with Gasteiger partial charge in [-0.05, 0) is 55.7 Å². The highest BCUT2D eigenvalue weighted by Crippen LogP contribution is 2.35. The standard InChI is InChI=1S/C36H45N5O6S/c1-24(42)21-37-36(2,3)20-32(43)39-33-34(44)41(23-27-13-14-28(46-4)19-31(27)48-33)22-25-9-11-26(12-10-25)29-7-5-6-8-30(29)38-35(45)40-15-17-47-18-16-40/h5-14,19,24,33,37,42H,15-18,20-23H2,1-4H3,(H,38,45)(H,39,43)/t24-,33-/m1/s1. The number of nitrogens with zero attached hydrogens (tertiary/aromatic N) is 2. The second-order valence-electron chi connectivity index (χ2n) is 12.8. The topological polar surface area (TPSA) is 132 Å². The molecule has 3 aromatic carbocycles. The van der Waals surface area contributed by atoms with E-state index < -0.39 is 17.0 Å². The Hall–Kier alpha value is -4.10. The summed E-state index contributed by atoms with van der Waals surface area (Å²) in [5.41, 5.74) is 3.86. The number of morpholine rings is 1. The molecule has 0 spiro atoms. The van der Waals surface area contributed by atoms with Crippen LogP contribution in [0.3, 0.4) is 0 Å². The van der Waals surface area contributed by atoms with E-state index in [1.165, 1.54) is 11.8 Å². The molecule has 1 saturated heterocycles. The number of fused-ring (bicyclic) bond motifs is 1. The number of carbonyl (C=O) groups excluding carboxylic acids is 3. The first-order valence-electron chi connectivity index (χ1n) is 16.2. The van der Waals surface area contributed by atoms with E-state index in [4.69, 9.17) is 9.47 Å². The third-order valence-electron chi connectivity index (χ3n) is 8.29. The molecule has 11 nitrogen and oxygen atoms in total. The molecule has 2 aliphatic rings. The molecule has 256 valence electrons. The average molecular weight is 676 g/mol. The van der Waals surface area contributed by atoms with Crippen LogP contribution in [0.25, 0.3) is 11.1 Å². The van der Waals surface area contributed by atoms with E-state index in [9.17, 15) is 19.5 Å². The molecule has 0 radical (unpaired) electrons. The second kappa shape index (κ2) is 15.9. The van der Waals surface area contributed by atoms with Gasteiger partial charge >= 0.3 is 6.03 Å². The van der Waals surface area contributed by atoms with E-state index in [1.54, 1.807) is 23.8 Å². The summed E-state index contributed by atoms with van der Waals surface area (Å²) in [6.07, 6.45) is -0.415. The monoisotopic (exact) mass is 675 g/mol. The molecule has 48 heavy (non-hydrogen) atoms. The van der Waals surface area contributed by atoms with Crippen molar-refractivity contribution in [3.05, 3.63) is 77.9 Å². The Morgan fingerprint density at radius 2 is 1.81 bits per heavy atom. The van der Waals surface area contributed by atoms with Crippen LogP contribution < -0.4 is 20.7 Å². The number of carbonyl (C=O) groups is 3. The number of nitrogens with one attached hydrogen (secondary N) is 3. The van der Waals surface area contributed by atoms with E-state index in [0.717, 1.165) is 32.8 Å². The summed E-state index contributed by atoms with van der Waals surface area (Å²) < 4.78 is 10.8. The van der Waals surface area contributed by atoms with Gasteiger partial charge < -0.3 is 40.3 Å². The molecule has 5 rings (SSSR count). The van der Waals surface area contributed by atoms with Gasteiger partial charge in [-0.3, -0.25) is 9.59 Å². The van der Waals surface area contributed by atoms with Crippen LogP contribution >= 0.6 is 11.8 Å². The normalized spacial score (nSPS) is 17.3. The number of hydrogen-bond acceptors (Lipinski definition) is 8. The van der Waals surface area contributed by atoms with Crippen LogP contribution in [0.15, 0.2) is 71.6 Å². The number of aliphatic hydroxyl groups excluding tert-OH is 1. The van der Waals surface area contributed by atoms with Gasteiger partial charge in [-0.25, -0.2) is 4.79 Å². The van der Waals surface area contributed by atoms with Crippen molar-refractivity contribution in [1.29, 1.82) is 0 Å². The van der Waals surface area contributed by atoms with Crippen molar-refractivity contribution in [2.45, 2.75) is 62.2 Å². The van der Waals surface area contributed by atoms with Gasteiger partial charge in [0.2, 0.25) is 5.91 Å². The zero-order chi connectivity index (χ0) is 34.3. The molecular formula is C36H45N5O6S. The van der Waals surface area contributed by atoms with Gasteiger partial charge in [0.25, 0.3) is 5.91 Å². The van der Waals surface area contributed by atoms with Crippen molar-refractivity contribution >= 4 is 35.3 Å². The highest BCUT2D eigenvalue weighted by Gasteiger charge is 2.33. The molecular weight excluding hydrogens is 630 g/mol. The molecule has 0 aliphatic carbocycles. The highest BCUT2D eigenvalue weighted by molar-refractivity contribution is 8.00. The lowest BCUT2D eigenvalue weighted by atomic mass is 10.00. The molecule has 12 heteroatoms. The number of aliphatic hydroxyl groups is 1. The quantitative estimate of drug-likeness (QED) is 0.235. The fourth-order valence-electron chi connectivity index (χ4n) is 5.65. The molecule has 2 heterocycles. The number of anilines is 1. The molecule has 0 aromatic heterocycles. The first-order chi connectivity index (χ1) is 23.0. The summed E-state index contributed by atoms with van der Waals surface area (Å²) in [5.74, 6) is 0.213. The van der Waals surface area contributed by atoms with Crippen LogP contribution in [0.4, 0.5) is 10.5 Å². The zero-order valence-electron chi connectivity index (χ0n) is 28.0. The highest BCUT2D eigenvalue weighted by atomic mass is 32.2. The van der Waals surface area contributed by atoms with Crippen LogP contribution in [-0.4, -0.2) is 89.7 Å². The summed E-state index contributed by atoms with van der Waals surface area (Å²) >= 11 is 1.31. The lowest BCUT2D eigenvalue weighted by molar-refractivity contribution is -0.135. The second-order valence-corrected chi connectivity index (χ2v) is 13.9. The Bertz CT molecular complexity index is 1590. The first-order valence-corrected chi connectivity index (χ1v) is 17.1. The van der Waals surface area contributed by atoms with E-state index in [-0.39, 0.29) is 24.3 Å². The lowest BCUT2D eigenvalue weighted by Crippen LogP contribution is -2.50. The Labute approximate surface area is 286 Å². The number of hydrogen-bond donors (Lipinski definition) is 4. The molecule has 0 saturated carbocycles. The van der Waals surface area contributed by atoms with Crippen LogP contribution in [0.1, 0.15) is 38.3 Å². The van der Waals surface area contributed by atoms with E-state index in [2.05, 4.69) is 16.0 Å². The fourth-order valence-corrected chi connectivity index (χ4v) is 6.82. The third-order valence-corrected chi connectivity index (χ3v) is 9.48. The van der Waals surface area contributed by atoms with Gasteiger partial charge in [0.15, 0.2) is 5.37 Å². The Morgan fingerprint density at radius 3 is 2.52 bits per heavy atom.